The smallest absolute Gasteiger partial charge is 0.229 e. The van der Waals surface area contributed by atoms with Crippen LogP contribution in [0.1, 0.15) is 6.92 Å². The zero-order valence-electron chi connectivity index (χ0n) is 11.9. The lowest BCUT2D eigenvalue weighted by molar-refractivity contribution is -0.277. The Balaban J connectivity index is 2.17. The number of para-hydroxylation sites is 2. The van der Waals surface area contributed by atoms with E-state index in [1.54, 1.807) is 24.3 Å². The molecular formula is C14H19NO7. The molecule has 1 heterocycles. The number of rotatable bonds is 4. The number of carbonyl (C=O) groups excluding carboxylic acids is 1. The Hall–Kier alpha value is -1.71. The lowest BCUT2D eigenvalue weighted by Gasteiger charge is -2.39. The zero-order chi connectivity index (χ0) is 16.3. The fraction of sp³-hybridized carbons (Fsp3) is 0.500. The van der Waals surface area contributed by atoms with Crippen LogP contribution < -0.4 is 10.1 Å². The Morgan fingerprint density at radius 1 is 1.23 bits per heavy atom. The van der Waals surface area contributed by atoms with Crippen LogP contribution in [0.3, 0.4) is 0 Å². The number of ether oxygens (including phenoxy) is 2. The van der Waals surface area contributed by atoms with E-state index >= 15 is 0 Å². The van der Waals surface area contributed by atoms with Crippen molar-refractivity contribution in [2.24, 2.45) is 0 Å². The highest BCUT2D eigenvalue weighted by Gasteiger charge is 2.44. The number of amides is 1. The molecule has 2 rings (SSSR count). The Morgan fingerprint density at radius 2 is 1.91 bits per heavy atom. The Labute approximate surface area is 126 Å². The van der Waals surface area contributed by atoms with Gasteiger partial charge in [0, 0.05) is 6.92 Å². The lowest BCUT2D eigenvalue weighted by atomic mass is 9.99. The molecule has 5 N–H and O–H groups in total. The summed E-state index contributed by atoms with van der Waals surface area (Å²) in [7, 11) is 0. The summed E-state index contributed by atoms with van der Waals surface area (Å²) in [6, 6.07) is 6.49. The van der Waals surface area contributed by atoms with Crippen molar-refractivity contribution in [3.05, 3.63) is 24.3 Å². The van der Waals surface area contributed by atoms with Gasteiger partial charge in [0.05, 0.1) is 12.3 Å². The highest BCUT2D eigenvalue weighted by Crippen LogP contribution is 2.29. The number of nitrogens with one attached hydrogen (secondary N) is 1. The van der Waals surface area contributed by atoms with Crippen molar-refractivity contribution in [1.82, 2.24) is 0 Å². The fourth-order valence-corrected chi connectivity index (χ4v) is 2.15. The molecule has 1 aromatic carbocycles. The number of hydrogen-bond donors (Lipinski definition) is 5. The summed E-state index contributed by atoms with van der Waals surface area (Å²) in [5.41, 5.74) is 0.368. The largest absolute Gasteiger partial charge is 0.460 e. The van der Waals surface area contributed by atoms with Gasteiger partial charge in [-0.1, -0.05) is 12.1 Å². The summed E-state index contributed by atoms with van der Waals surface area (Å²) < 4.78 is 10.7. The molecule has 0 radical (unpaired) electrons. The second-order valence-corrected chi connectivity index (χ2v) is 4.99. The van der Waals surface area contributed by atoms with Crippen molar-refractivity contribution in [2.75, 3.05) is 11.9 Å². The number of carbonyl (C=O) groups is 1. The van der Waals surface area contributed by atoms with E-state index in [2.05, 4.69) is 5.32 Å². The lowest BCUT2D eigenvalue weighted by Crippen LogP contribution is -2.60. The zero-order valence-corrected chi connectivity index (χ0v) is 11.9. The van der Waals surface area contributed by atoms with Gasteiger partial charge in [0.2, 0.25) is 12.2 Å². The molecule has 0 aliphatic carbocycles. The third kappa shape index (κ3) is 3.54. The molecule has 5 unspecified atom stereocenters. The molecule has 1 fully saturated rings. The van der Waals surface area contributed by atoms with E-state index in [1.807, 2.05) is 0 Å². The first kappa shape index (κ1) is 16.7. The van der Waals surface area contributed by atoms with Crippen molar-refractivity contribution in [3.8, 4) is 5.75 Å². The van der Waals surface area contributed by atoms with Crippen molar-refractivity contribution in [3.63, 3.8) is 0 Å². The predicted molar refractivity (Wildman–Crippen MR) is 75.1 cm³/mol. The Morgan fingerprint density at radius 3 is 2.55 bits per heavy atom. The summed E-state index contributed by atoms with van der Waals surface area (Å²) in [4.78, 5) is 11.2. The van der Waals surface area contributed by atoms with Gasteiger partial charge in [-0.25, -0.2) is 0 Å². The maximum atomic E-state index is 11.2. The van der Waals surface area contributed by atoms with Gasteiger partial charge in [0.25, 0.3) is 0 Å². The van der Waals surface area contributed by atoms with Crippen molar-refractivity contribution in [1.29, 1.82) is 0 Å². The van der Waals surface area contributed by atoms with E-state index in [4.69, 9.17) is 14.6 Å². The van der Waals surface area contributed by atoms with Crippen LogP contribution in [0.4, 0.5) is 5.69 Å². The summed E-state index contributed by atoms with van der Waals surface area (Å²) >= 11 is 0. The third-order valence-electron chi connectivity index (χ3n) is 3.29. The molecule has 1 aromatic rings. The molecule has 5 atom stereocenters. The van der Waals surface area contributed by atoms with Gasteiger partial charge in [-0.05, 0) is 12.1 Å². The van der Waals surface area contributed by atoms with E-state index in [0.717, 1.165) is 0 Å². The first-order valence-electron chi connectivity index (χ1n) is 6.78. The van der Waals surface area contributed by atoms with E-state index in [9.17, 15) is 20.1 Å². The van der Waals surface area contributed by atoms with E-state index < -0.39 is 37.3 Å². The number of benzene rings is 1. The van der Waals surface area contributed by atoms with Crippen LogP contribution >= 0.6 is 0 Å². The van der Waals surface area contributed by atoms with Crippen LogP contribution in [0.2, 0.25) is 0 Å². The monoisotopic (exact) mass is 313 g/mol. The molecule has 22 heavy (non-hydrogen) atoms. The van der Waals surface area contributed by atoms with E-state index in [0.29, 0.717) is 5.69 Å². The minimum atomic E-state index is -1.52. The molecule has 1 aliphatic heterocycles. The Kier molecular flexibility index (Phi) is 5.33. The number of aliphatic hydroxyl groups excluding tert-OH is 4. The van der Waals surface area contributed by atoms with Crippen molar-refractivity contribution < 1.29 is 34.7 Å². The average molecular weight is 313 g/mol. The van der Waals surface area contributed by atoms with E-state index in [1.165, 1.54) is 6.92 Å². The molecular weight excluding hydrogens is 294 g/mol. The maximum Gasteiger partial charge on any atom is 0.229 e. The molecule has 8 nitrogen and oxygen atoms in total. The topological polar surface area (TPSA) is 128 Å². The van der Waals surface area contributed by atoms with Crippen LogP contribution in [0.5, 0.6) is 5.75 Å². The molecule has 0 aromatic heterocycles. The second-order valence-electron chi connectivity index (χ2n) is 4.99. The van der Waals surface area contributed by atoms with Crippen molar-refractivity contribution >= 4 is 11.6 Å². The first-order chi connectivity index (χ1) is 10.4. The molecule has 0 saturated carbocycles. The highest BCUT2D eigenvalue weighted by molar-refractivity contribution is 5.90. The quantitative estimate of drug-likeness (QED) is 0.473. The molecule has 1 aliphatic rings. The third-order valence-corrected chi connectivity index (χ3v) is 3.29. The summed E-state index contributed by atoms with van der Waals surface area (Å²) in [6.07, 6.45) is -6.85. The van der Waals surface area contributed by atoms with Gasteiger partial charge in [0.1, 0.15) is 30.2 Å². The molecule has 8 heteroatoms. The number of hydrogen-bond acceptors (Lipinski definition) is 7. The van der Waals surface area contributed by atoms with Crippen LogP contribution in [0.15, 0.2) is 24.3 Å². The summed E-state index contributed by atoms with van der Waals surface area (Å²) in [5.74, 6) is -0.0770. The maximum absolute atomic E-state index is 11.2. The normalized spacial score (nSPS) is 31.6. The van der Waals surface area contributed by atoms with Gasteiger partial charge in [0.15, 0.2) is 0 Å². The molecule has 122 valence electrons. The van der Waals surface area contributed by atoms with Gasteiger partial charge in [-0.15, -0.1) is 0 Å². The molecule has 1 saturated heterocycles. The van der Waals surface area contributed by atoms with Crippen LogP contribution in [-0.2, 0) is 9.53 Å². The Bertz CT molecular complexity index is 522. The molecule has 1 amide bonds. The first-order valence-corrected chi connectivity index (χ1v) is 6.78. The number of anilines is 1. The van der Waals surface area contributed by atoms with Gasteiger partial charge in [-0.3, -0.25) is 4.79 Å². The average Bonchev–Trinajstić information content (AvgIpc) is 2.49. The number of aliphatic hydroxyl groups is 4. The molecule has 0 spiro atoms. The van der Waals surface area contributed by atoms with Gasteiger partial charge >= 0.3 is 0 Å². The van der Waals surface area contributed by atoms with Crippen LogP contribution in [-0.4, -0.2) is 63.6 Å². The highest BCUT2D eigenvalue weighted by atomic mass is 16.7. The van der Waals surface area contributed by atoms with Crippen LogP contribution in [0.25, 0.3) is 0 Å². The molecule has 0 bridgehead atoms. The van der Waals surface area contributed by atoms with Crippen LogP contribution in [0, 0.1) is 0 Å². The standard InChI is InChI=1S/C14H19NO7/c1-7(17)15-8-4-2-3-5-9(8)21-14-13(20)12(19)11(18)10(6-16)22-14/h2-5,10-14,16,18-20H,6H2,1H3,(H,15,17). The summed E-state index contributed by atoms with van der Waals surface area (Å²) in [6.45, 7) is 0.794. The fourth-order valence-electron chi connectivity index (χ4n) is 2.15. The summed E-state index contributed by atoms with van der Waals surface area (Å²) in [5, 5.41) is 41.0. The minimum Gasteiger partial charge on any atom is -0.460 e. The second kappa shape index (κ2) is 7.03. The van der Waals surface area contributed by atoms with Gasteiger partial charge in [-0.2, -0.15) is 0 Å². The SMILES string of the molecule is CC(=O)Nc1ccccc1OC1OC(CO)C(O)C(O)C1O. The minimum absolute atomic E-state index is 0.224. The predicted octanol–water partition coefficient (Wildman–Crippen LogP) is -1.18. The van der Waals surface area contributed by atoms with Crippen molar-refractivity contribution in [2.45, 2.75) is 37.6 Å². The van der Waals surface area contributed by atoms with Gasteiger partial charge < -0.3 is 35.2 Å². The van der Waals surface area contributed by atoms with E-state index in [-0.39, 0.29) is 11.7 Å².